The molecule has 8 heteroatoms. The molecule has 1 rings (SSSR count). The Balaban J connectivity index is 2.46. The number of amides is 2. The van der Waals surface area contributed by atoms with E-state index in [1.807, 2.05) is 13.8 Å². The fourth-order valence-corrected chi connectivity index (χ4v) is 2.72. The van der Waals surface area contributed by atoms with Crippen LogP contribution in [0.25, 0.3) is 0 Å². The Hall–Kier alpha value is -1.70. The van der Waals surface area contributed by atoms with Gasteiger partial charge in [-0.05, 0) is 38.5 Å². The molecule has 0 aromatic heterocycles. The molecule has 0 radical (unpaired) electrons. The summed E-state index contributed by atoms with van der Waals surface area (Å²) in [6, 6.07) is 4.62. The third-order valence-electron chi connectivity index (χ3n) is 3.63. The van der Waals surface area contributed by atoms with Gasteiger partial charge in [0.2, 0.25) is 11.8 Å². The molecule has 1 aromatic carbocycles. The summed E-state index contributed by atoms with van der Waals surface area (Å²) in [7, 11) is 0. The number of ether oxygens (including phenoxy) is 1. The second kappa shape index (κ2) is 11.0. The highest BCUT2D eigenvalue weighted by Crippen LogP contribution is 2.24. The molecule has 5 nitrogen and oxygen atoms in total. The van der Waals surface area contributed by atoms with Crippen LogP contribution < -0.4 is 10.1 Å². The molecule has 1 aromatic rings. The van der Waals surface area contributed by atoms with Crippen molar-refractivity contribution in [1.82, 2.24) is 10.2 Å². The van der Waals surface area contributed by atoms with Crippen LogP contribution in [0.4, 0.5) is 8.78 Å². The Morgan fingerprint density at radius 2 is 1.92 bits per heavy atom. The van der Waals surface area contributed by atoms with Crippen molar-refractivity contribution < 1.29 is 23.1 Å². The third kappa shape index (κ3) is 7.81. The first kappa shape index (κ1) is 21.3. The minimum absolute atomic E-state index is 0.0233. The van der Waals surface area contributed by atoms with Gasteiger partial charge in [0.25, 0.3) is 0 Å². The molecule has 2 amide bonds. The van der Waals surface area contributed by atoms with Crippen molar-refractivity contribution >= 4 is 27.7 Å². The highest BCUT2D eigenvalue weighted by atomic mass is 79.9. The first-order chi connectivity index (χ1) is 11.9. The van der Waals surface area contributed by atoms with Crippen molar-refractivity contribution in [2.24, 2.45) is 0 Å². The van der Waals surface area contributed by atoms with Crippen LogP contribution in [0.3, 0.4) is 0 Å². The number of hydrogen-bond acceptors (Lipinski definition) is 3. The molecule has 0 unspecified atom stereocenters. The predicted octanol–water partition coefficient (Wildman–Crippen LogP) is 3.71. The van der Waals surface area contributed by atoms with Gasteiger partial charge in [-0.25, -0.2) is 0 Å². The smallest absolute Gasteiger partial charge is 0.387 e. The van der Waals surface area contributed by atoms with E-state index >= 15 is 0 Å². The molecule has 1 N–H and O–H groups in total. The molecule has 0 saturated carbocycles. The minimum atomic E-state index is -2.93. The lowest BCUT2D eigenvalue weighted by Crippen LogP contribution is -2.30. The lowest BCUT2D eigenvalue weighted by Gasteiger charge is -2.18. The highest BCUT2D eigenvalue weighted by molar-refractivity contribution is 9.10. The molecule has 0 saturated heterocycles. The highest BCUT2D eigenvalue weighted by Gasteiger charge is 2.13. The molecule has 140 valence electrons. The molecule has 0 spiro atoms. The third-order valence-corrected chi connectivity index (χ3v) is 4.12. The van der Waals surface area contributed by atoms with Crippen molar-refractivity contribution in [3.63, 3.8) is 0 Å². The van der Waals surface area contributed by atoms with E-state index in [4.69, 9.17) is 0 Å². The van der Waals surface area contributed by atoms with Crippen LogP contribution in [0.1, 0.15) is 38.7 Å². The van der Waals surface area contributed by atoms with Gasteiger partial charge in [0, 0.05) is 42.5 Å². The molecule has 0 bridgehead atoms. The summed E-state index contributed by atoms with van der Waals surface area (Å²) in [6.45, 7) is 2.26. The maximum absolute atomic E-state index is 12.4. The normalized spacial score (nSPS) is 10.6. The van der Waals surface area contributed by atoms with Gasteiger partial charge in [-0.15, -0.1) is 0 Å². The van der Waals surface area contributed by atoms with E-state index in [-0.39, 0.29) is 30.5 Å². The summed E-state index contributed by atoms with van der Waals surface area (Å²) in [5.74, 6) is -0.192. The van der Waals surface area contributed by atoms with Gasteiger partial charge in [-0.3, -0.25) is 9.59 Å². The molecule has 0 fully saturated rings. The summed E-state index contributed by atoms with van der Waals surface area (Å²) >= 11 is 3.26. The topological polar surface area (TPSA) is 58.6 Å². The van der Waals surface area contributed by atoms with Crippen LogP contribution in [0.2, 0.25) is 0 Å². The van der Waals surface area contributed by atoms with Crippen LogP contribution in [-0.4, -0.2) is 36.4 Å². The number of halogens is 3. The molecule has 0 heterocycles. The number of carbonyl (C=O) groups excluding carboxylic acids is 2. The molecule has 0 aliphatic heterocycles. The van der Waals surface area contributed by atoms with Gasteiger partial charge < -0.3 is 15.0 Å². The monoisotopic (exact) mass is 420 g/mol. The maximum Gasteiger partial charge on any atom is 0.387 e. The van der Waals surface area contributed by atoms with Crippen molar-refractivity contribution in [2.75, 3.05) is 13.1 Å². The van der Waals surface area contributed by atoms with Gasteiger partial charge >= 0.3 is 6.61 Å². The number of nitrogens with zero attached hydrogens (tertiary/aromatic N) is 1. The number of carbonyl (C=O) groups is 2. The summed E-state index contributed by atoms with van der Waals surface area (Å²) in [5.41, 5.74) is 0.447. The van der Waals surface area contributed by atoms with Crippen LogP contribution in [0.5, 0.6) is 5.75 Å². The van der Waals surface area contributed by atoms with Crippen LogP contribution in [0, 0.1) is 0 Å². The van der Waals surface area contributed by atoms with Crippen LogP contribution >= 0.6 is 15.9 Å². The first-order valence-corrected chi connectivity index (χ1v) is 8.94. The fourth-order valence-electron chi connectivity index (χ4n) is 2.31. The zero-order chi connectivity index (χ0) is 18.8. The second-order valence-corrected chi connectivity index (χ2v) is 6.24. The van der Waals surface area contributed by atoms with E-state index in [0.29, 0.717) is 36.0 Å². The lowest BCUT2D eigenvalue weighted by atomic mass is 10.2. The largest absolute Gasteiger partial charge is 0.434 e. The first-order valence-electron chi connectivity index (χ1n) is 8.15. The zero-order valence-electron chi connectivity index (χ0n) is 14.4. The molecule has 0 aliphatic carbocycles. The quantitative estimate of drug-likeness (QED) is 0.627. The summed E-state index contributed by atoms with van der Waals surface area (Å²) in [4.78, 5) is 25.5. The molecular weight excluding hydrogens is 398 g/mol. The number of nitrogens with one attached hydrogen (secondary N) is 1. The Morgan fingerprint density at radius 3 is 2.52 bits per heavy atom. The fraction of sp³-hybridized carbons (Fsp3) is 0.529. The number of hydrogen-bond donors (Lipinski definition) is 1. The van der Waals surface area contributed by atoms with Crippen LogP contribution in [0.15, 0.2) is 22.7 Å². The predicted molar refractivity (Wildman–Crippen MR) is 94.4 cm³/mol. The Labute approximate surface area is 154 Å². The van der Waals surface area contributed by atoms with E-state index in [1.165, 1.54) is 6.07 Å². The number of rotatable bonds is 10. The molecule has 25 heavy (non-hydrogen) atoms. The van der Waals surface area contributed by atoms with Crippen molar-refractivity contribution in [1.29, 1.82) is 0 Å². The Kier molecular flexibility index (Phi) is 9.41. The average molecular weight is 421 g/mol. The molecule has 0 atom stereocenters. The van der Waals surface area contributed by atoms with Crippen molar-refractivity contribution in [3.8, 4) is 5.75 Å². The van der Waals surface area contributed by atoms with E-state index in [2.05, 4.69) is 26.0 Å². The van der Waals surface area contributed by atoms with E-state index in [0.717, 1.165) is 0 Å². The lowest BCUT2D eigenvalue weighted by molar-refractivity contribution is -0.131. The van der Waals surface area contributed by atoms with Gasteiger partial charge in [0.05, 0.1) is 0 Å². The SMILES string of the molecule is CCN(CC)C(=O)CCCC(=O)NCc1cc(Br)ccc1OC(F)F. The van der Waals surface area contributed by atoms with Gasteiger partial charge in [-0.2, -0.15) is 8.78 Å². The summed E-state index contributed by atoms with van der Waals surface area (Å²) < 4.78 is 30.0. The van der Waals surface area contributed by atoms with E-state index in [1.54, 1.807) is 17.0 Å². The standard InChI is InChI=1S/C17H23BrF2N2O3/c1-3-22(4-2)16(24)7-5-6-15(23)21-11-12-10-13(18)8-9-14(12)25-17(19)20/h8-10,17H,3-7,11H2,1-2H3,(H,21,23). The van der Waals surface area contributed by atoms with Crippen molar-refractivity contribution in [3.05, 3.63) is 28.2 Å². The van der Waals surface area contributed by atoms with Gasteiger partial charge in [0.15, 0.2) is 0 Å². The maximum atomic E-state index is 12.4. The zero-order valence-corrected chi connectivity index (χ0v) is 15.9. The summed E-state index contributed by atoms with van der Waals surface area (Å²) in [5, 5.41) is 2.66. The second-order valence-electron chi connectivity index (χ2n) is 5.33. The van der Waals surface area contributed by atoms with E-state index < -0.39 is 6.61 Å². The van der Waals surface area contributed by atoms with E-state index in [9.17, 15) is 18.4 Å². The number of alkyl halides is 2. The average Bonchev–Trinajstić information content (AvgIpc) is 2.55. The minimum Gasteiger partial charge on any atom is -0.434 e. The molecular formula is C17H23BrF2N2O3. The van der Waals surface area contributed by atoms with Crippen molar-refractivity contribution in [2.45, 2.75) is 46.3 Å². The van der Waals surface area contributed by atoms with Gasteiger partial charge in [0.1, 0.15) is 5.75 Å². The summed E-state index contributed by atoms with van der Waals surface area (Å²) in [6.07, 6.45) is 0.956. The Bertz CT molecular complexity index is 581. The van der Waals surface area contributed by atoms with Crippen LogP contribution in [-0.2, 0) is 16.1 Å². The number of benzene rings is 1. The Morgan fingerprint density at radius 1 is 1.24 bits per heavy atom. The molecule has 0 aliphatic rings. The van der Waals surface area contributed by atoms with Gasteiger partial charge in [-0.1, -0.05) is 15.9 Å².